The van der Waals surface area contributed by atoms with Crippen LogP contribution >= 0.6 is 0 Å². The SMILES string of the molecule is CC(C)n1cnc2cnc(Nc3ccnc(N4CCC5(CCCO5)CC4)n3)cc21. The van der Waals surface area contributed by atoms with E-state index in [0.717, 1.165) is 61.2 Å². The van der Waals surface area contributed by atoms with Crippen molar-refractivity contribution in [2.24, 2.45) is 0 Å². The summed E-state index contributed by atoms with van der Waals surface area (Å²) >= 11 is 0. The Hall–Kier alpha value is -2.74. The number of fused-ring (bicyclic) bond motifs is 1. The average molecular weight is 393 g/mol. The number of ether oxygens (including phenoxy) is 1. The van der Waals surface area contributed by atoms with Crippen molar-refractivity contribution in [3.63, 3.8) is 0 Å². The topological polar surface area (TPSA) is 81.0 Å². The normalized spacial score (nSPS) is 18.8. The summed E-state index contributed by atoms with van der Waals surface area (Å²) in [6, 6.07) is 4.24. The van der Waals surface area contributed by atoms with Gasteiger partial charge in [-0.3, -0.25) is 0 Å². The van der Waals surface area contributed by atoms with E-state index in [9.17, 15) is 0 Å². The Kier molecular flexibility index (Phi) is 4.58. The minimum atomic E-state index is 0.102. The van der Waals surface area contributed by atoms with Crippen molar-refractivity contribution in [1.82, 2.24) is 24.5 Å². The minimum absolute atomic E-state index is 0.102. The van der Waals surface area contributed by atoms with E-state index in [-0.39, 0.29) is 5.60 Å². The standard InChI is InChI=1S/C21H27N7O/c1-15(2)28-14-24-16-13-23-19(12-17(16)28)25-18-4-8-22-20(26-18)27-9-6-21(7-10-27)5-3-11-29-21/h4,8,12-15H,3,5-7,9-11H2,1-2H3,(H,22,23,25,26). The molecule has 2 aliphatic rings. The predicted octanol–water partition coefficient (Wildman–Crippen LogP) is 3.70. The maximum atomic E-state index is 6.03. The number of nitrogens with zero attached hydrogens (tertiary/aromatic N) is 6. The van der Waals surface area contributed by atoms with E-state index in [1.165, 1.54) is 12.8 Å². The van der Waals surface area contributed by atoms with Gasteiger partial charge in [-0.1, -0.05) is 0 Å². The molecule has 0 amide bonds. The summed E-state index contributed by atoms with van der Waals surface area (Å²) in [5.74, 6) is 2.26. The van der Waals surface area contributed by atoms with Crippen LogP contribution in [0.1, 0.15) is 45.6 Å². The van der Waals surface area contributed by atoms with Gasteiger partial charge in [0.1, 0.15) is 17.2 Å². The number of aromatic nitrogens is 5. The van der Waals surface area contributed by atoms with Crippen LogP contribution in [-0.4, -0.2) is 49.8 Å². The molecule has 1 spiro atoms. The highest BCUT2D eigenvalue weighted by atomic mass is 16.5. The number of anilines is 3. The van der Waals surface area contributed by atoms with Crippen LogP contribution in [0, 0.1) is 0 Å². The number of imidazole rings is 1. The summed E-state index contributed by atoms with van der Waals surface area (Å²) in [7, 11) is 0. The Labute approximate surface area is 170 Å². The minimum Gasteiger partial charge on any atom is -0.375 e. The van der Waals surface area contributed by atoms with Gasteiger partial charge >= 0.3 is 0 Å². The van der Waals surface area contributed by atoms with Crippen LogP contribution in [0.4, 0.5) is 17.6 Å². The summed E-state index contributed by atoms with van der Waals surface area (Å²) in [5, 5.41) is 3.33. The van der Waals surface area contributed by atoms with Crippen molar-refractivity contribution in [1.29, 1.82) is 0 Å². The number of piperidine rings is 1. The summed E-state index contributed by atoms with van der Waals surface area (Å²) in [5.41, 5.74) is 2.05. The third-order valence-corrected chi connectivity index (χ3v) is 6.06. The van der Waals surface area contributed by atoms with Gasteiger partial charge in [0.15, 0.2) is 0 Å². The molecule has 2 saturated heterocycles. The first-order valence-electron chi connectivity index (χ1n) is 10.4. The third-order valence-electron chi connectivity index (χ3n) is 6.06. The van der Waals surface area contributed by atoms with Crippen LogP contribution in [0.5, 0.6) is 0 Å². The molecule has 0 radical (unpaired) electrons. The van der Waals surface area contributed by atoms with Crippen LogP contribution in [0.2, 0.25) is 0 Å². The average Bonchev–Trinajstić information content (AvgIpc) is 3.36. The molecule has 8 nitrogen and oxygen atoms in total. The Morgan fingerprint density at radius 2 is 1.97 bits per heavy atom. The number of pyridine rings is 1. The molecule has 2 aliphatic heterocycles. The molecule has 152 valence electrons. The Morgan fingerprint density at radius 1 is 1.10 bits per heavy atom. The zero-order valence-corrected chi connectivity index (χ0v) is 17.0. The second kappa shape index (κ2) is 7.26. The molecule has 5 rings (SSSR count). The van der Waals surface area contributed by atoms with Crippen LogP contribution in [-0.2, 0) is 4.74 Å². The zero-order chi connectivity index (χ0) is 19.8. The maximum Gasteiger partial charge on any atom is 0.227 e. The highest BCUT2D eigenvalue weighted by Gasteiger charge is 2.38. The van der Waals surface area contributed by atoms with Gasteiger partial charge < -0.3 is 19.5 Å². The first kappa shape index (κ1) is 18.3. The number of hydrogen-bond acceptors (Lipinski definition) is 7. The molecule has 8 heteroatoms. The lowest BCUT2D eigenvalue weighted by Gasteiger charge is -2.38. The molecule has 0 aliphatic carbocycles. The lowest BCUT2D eigenvalue weighted by Crippen LogP contribution is -2.44. The molecule has 0 unspecified atom stereocenters. The Bertz CT molecular complexity index is 999. The Morgan fingerprint density at radius 3 is 2.72 bits per heavy atom. The van der Waals surface area contributed by atoms with E-state index in [0.29, 0.717) is 6.04 Å². The second-order valence-corrected chi connectivity index (χ2v) is 8.29. The summed E-state index contributed by atoms with van der Waals surface area (Å²) < 4.78 is 8.17. The van der Waals surface area contributed by atoms with Crippen LogP contribution in [0.15, 0.2) is 30.9 Å². The van der Waals surface area contributed by atoms with E-state index >= 15 is 0 Å². The van der Waals surface area contributed by atoms with E-state index in [4.69, 9.17) is 9.72 Å². The molecule has 1 N–H and O–H groups in total. The van der Waals surface area contributed by atoms with Gasteiger partial charge in [0.2, 0.25) is 5.95 Å². The molecule has 0 aromatic carbocycles. The van der Waals surface area contributed by atoms with Crippen molar-refractivity contribution >= 4 is 28.6 Å². The summed E-state index contributed by atoms with van der Waals surface area (Å²) in [6.45, 7) is 7.06. The highest BCUT2D eigenvalue weighted by Crippen LogP contribution is 2.36. The lowest BCUT2D eigenvalue weighted by molar-refractivity contribution is -0.0147. The van der Waals surface area contributed by atoms with Gasteiger partial charge in [-0.05, 0) is 45.6 Å². The van der Waals surface area contributed by atoms with Gasteiger partial charge in [-0.2, -0.15) is 4.98 Å². The van der Waals surface area contributed by atoms with Crippen LogP contribution in [0.3, 0.4) is 0 Å². The van der Waals surface area contributed by atoms with E-state index in [1.54, 1.807) is 12.4 Å². The highest BCUT2D eigenvalue weighted by molar-refractivity contribution is 5.78. The largest absolute Gasteiger partial charge is 0.375 e. The molecule has 0 bridgehead atoms. The molecule has 2 fully saturated rings. The zero-order valence-electron chi connectivity index (χ0n) is 17.0. The first-order valence-corrected chi connectivity index (χ1v) is 10.4. The van der Waals surface area contributed by atoms with Crippen LogP contribution in [0.25, 0.3) is 11.0 Å². The van der Waals surface area contributed by atoms with Gasteiger partial charge in [0, 0.05) is 38.0 Å². The molecule has 0 saturated carbocycles. The van der Waals surface area contributed by atoms with Crippen molar-refractivity contribution in [2.45, 2.75) is 51.2 Å². The molecular formula is C21H27N7O. The van der Waals surface area contributed by atoms with Crippen molar-refractivity contribution in [2.75, 3.05) is 29.9 Å². The predicted molar refractivity (Wildman–Crippen MR) is 113 cm³/mol. The molecular weight excluding hydrogens is 366 g/mol. The van der Waals surface area contributed by atoms with E-state index in [2.05, 4.69) is 43.6 Å². The monoisotopic (exact) mass is 393 g/mol. The van der Waals surface area contributed by atoms with E-state index in [1.807, 2.05) is 18.5 Å². The first-order chi connectivity index (χ1) is 14.1. The second-order valence-electron chi connectivity index (χ2n) is 8.29. The summed E-state index contributed by atoms with van der Waals surface area (Å²) in [4.78, 5) is 20.4. The van der Waals surface area contributed by atoms with Gasteiger partial charge in [0.25, 0.3) is 0 Å². The van der Waals surface area contributed by atoms with Gasteiger partial charge in [-0.25, -0.2) is 15.0 Å². The van der Waals surface area contributed by atoms with Crippen molar-refractivity contribution in [3.05, 3.63) is 30.9 Å². The maximum absolute atomic E-state index is 6.03. The fourth-order valence-corrected chi connectivity index (χ4v) is 4.38. The van der Waals surface area contributed by atoms with Crippen LogP contribution < -0.4 is 10.2 Å². The number of rotatable bonds is 4. The van der Waals surface area contributed by atoms with Crippen molar-refractivity contribution < 1.29 is 4.74 Å². The third kappa shape index (κ3) is 3.53. The van der Waals surface area contributed by atoms with Gasteiger partial charge in [-0.15, -0.1) is 0 Å². The molecule has 3 aromatic rings. The Balaban J connectivity index is 1.33. The number of hydrogen-bond donors (Lipinski definition) is 1. The summed E-state index contributed by atoms with van der Waals surface area (Å²) in [6.07, 6.45) is 9.92. The molecule has 5 heterocycles. The lowest BCUT2D eigenvalue weighted by atomic mass is 9.89. The number of nitrogens with one attached hydrogen (secondary N) is 1. The molecule has 0 atom stereocenters. The molecule has 29 heavy (non-hydrogen) atoms. The molecule has 3 aromatic heterocycles. The van der Waals surface area contributed by atoms with Gasteiger partial charge in [0.05, 0.1) is 23.6 Å². The fraction of sp³-hybridized carbons (Fsp3) is 0.524. The van der Waals surface area contributed by atoms with E-state index < -0.39 is 0 Å². The van der Waals surface area contributed by atoms with Crippen molar-refractivity contribution in [3.8, 4) is 0 Å². The fourth-order valence-electron chi connectivity index (χ4n) is 4.38. The quantitative estimate of drug-likeness (QED) is 0.724. The smallest absolute Gasteiger partial charge is 0.227 e.